The summed E-state index contributed by atoms with van der Waals surface area (Å²) < 4.78 is 32.9. The number of carbonyl (C=O) groups excluding carboxylic acids is 1. The SMILES string of the molecule is COc1ccc(C)cc1NC(=O)[C@@H](N[C@H](C)c1ccc(F)cc1F)c1ccccc1. The van der Waals surface area contributed by atoms with Gasteiger partial charge in [0.15, 0.2) is 0 Å². The zero-order chi connectivity index (χ0) is 21.7. The molecule has 156 valence electrons. The molecule has 1 amide bonds. The molecule has 0 spiro atoms. The number of hydrogen-bond donors (Lipinski definition) is 2. The smallest absolute Gasteiger partial charge is 0.246 e. The fraction of sp³-hybridized carbons (Fsp3) is 0.208. The van der Waals surface area contributed by atoms with E-state index in [-0.39, 0.29) is 11.5 Å². The number of aryl methyl sites for hydroxylation is 1. The molecule has 3 aromatic carbocycles. The zero-order valence-corrected chi connectivity index (χ0v) is 17.1. The minimum absolute atomic E-state index is 0.276. The number of amides is 1. The van der Waals surface area contributed by atoms with E-state index in [9.17, 15) is 13.6 Å². The average molecular weight is 410 g/mol. The Morgan fingerprint density at radius 3 is 2.40 bits per heavy atom. The van der Waals surface area contributed by atoms with Gasteiger partial charge in [-0.1, -0.05) is 42.5 Å². The Morgan fingerprint density at radius 2 is 1.73 bits per heavy atom. The average Bonchev–Trinajstić information content (AvgIpc) is 2.72. The molecule has 2 N–H and O–H groups in total. The first-order valence-corrected chi connectivity index (χ1v) is 9.60. The molecule has 0 saturated heterocycles. The summed E-state index contributed by atoms with van der Waals surface area (Å²) in [6.45, 7) is 3.65. The summed E-state index contributed by atoms with van der Waals surface area (Å²) >= 11 is 0. The van der Waals surface area contributed by atoms with Gasteiger partial charge in [0.1, 0.15) is 23.4 Å². The van der Waals surface area contributed by atoms with Crippen LogP contribution in [0.4, 0.5) is 14.5 Å². The first kappa shape index (κ1) is 21.5. The quantitative estimate of drug-likeness (QED) is 0.555. The third-order valence-corrected chi connectivity index (χ3v) is 4.85. The van der Waals surface area contributed by atoms with Crippen LogP contribution in [0.1, 0.15) is 35.7 Å². The molecule has 0 aliphatic carbocycles. The van der Waals surface area contributed by atoms with Gasteiger partial charge in [-0.2, -0.15) is 0 Å². The molecule has 0 saturated carbocycles. The summed E-state index contributed by atoms with van der Waals surface area (Å²) in [5, 5.41) is 6.07. The second-order valence-electron chi connectivity index (χ2n) is 7.09. The van der Waals surface area contributed by atoms with Crippen molar-refractivity contribution in [2.24, 2.45) is 0 Å². The lowest BCUT2D eigenvalue weighted by Crippen LogP contribution is -2.35. The van der Waals surface area contributed by atoms with Crippen molar-refractivity contribution in [1.29, 1.82) is 0 Å². The van der Waals surface area contributed by atoms with Crippen molar-refractivity contribution in [2.75, 3.05) is 12.4 Å². The van der Waals surface area contributed by atoms with Gasteiger partial charge in [-0.05, 0) is 43.2 Å². The summed E-state index contributed by atoms with van der Waals surface area (Å²) in [6, 6.07) is 16.7. The van der Waals surface area contributed by atoms with Crippen LogP contribution >= 0.6 is 0 Å². The van der Waals surface area contributed by atoms with E-state index in [4.69, 9.17) is 4.74 Å². The van der Waals surface area contributed by atoms with Gasteiger partial charge in [-0.3, -0.25) is 10.1 Å². The molecule has 0 fully saturated rings. The van der Waals surface area contributed by atoms with Crippen LogP contribution in [-0.2, 0) is 4.79 Å². The van der Waals surface area contributed by atoms with Crippen LogP contribution in [0.15, 0.2) is 66.7 Å². The van der Waals surface area contributed by atoms with Crippen molar-refractivity contribution in [3.8, 4) is 5.75 Å². The molecule has 30 heavy (non-hydrogen) atoms. The highest BCUT2D eigenvalue weighted by Gasteiger charge is 2.25. The number of rotatable bonds is 7. The van der Waals surface area contributed by atoms with Crippen LogP contribution in [0.25, 0.3) is 0 Å². The predicted octanol–water partition coefficient (Wildman–Crippen LogP) is 5.31. The van der Waals surface area contributed by atoms with E-state index in [0.29, 0.717) is 11.4 Å². The second-order valence-corrected chi connectivity index (χ2v) is 7.09. The van der Waals surface area contributed by atoms with Gasteiger partial charge in [0, 0.05) is 17.7 Å². The van der Waals surface area contributed by atoms with Crippen LogP contribution in [-0.4, -0.2) is 13.0 Å². The standard InChI is InChI=1S/C24H24F2N2O2/c1-15-9-12-22(30-3)21(13-15)28-24(29)23(17-7-5-4-6-8-17)27-16(2)19-11-10-18(25)14-20(19)26/h4-14,16,23,27H,1-3H3,(H,28,29)/t16-,23+/m1/s1. The Bertz CT molecular complexity index is 1020. The lowest BCUT2D eigenvalue weighted by Gasteiger charge is -2.24. The van der Waals surface area contributed by atoms with E-state index >= 15 is 0 Å². The Kier molecular flexibility index (Phi) is 6.79. The van der Waals surface area contributed by atoms with Crippen molar-refractivity contribution < 1.29 is 18.3 Å². The lowest BCUT2D eigenvalue weighted by atomic mass is 10.0. The van der Waals surface area contributed by atoms with Crippen LogP contribution in [0, 0.1) is 18.6 Å². The maximum Gasteiger partial charge on any atom is 0.246 e. The molecular formula is C24H24F2N2O2. The van der Waals surface area contributed by atoms with E-state index in [1.54, 1.807) is 13.0 Å². The van der Waals surface area contributed by atoms with Crippen molar-refractivity contribution >= 4 is 11.6 Å². The van der Waals surface area contributed by atoms with Gasteiger partial charge in [0.2, 0.25) is 5.91 Å². The maximum absolute atomic E-state index is 14.2. The molecule has 0 aliphatic heterocycles. The molecule has 0 aliphatic rings. The number of hydrogen-bond acceptors (Lipinski definition) is 3. The topological polar surface area (TPSA) is 50.4 Å². The molecule has 3 aromatic rings. The van der Waals surface area contributed by atoms with Crippen LogP contribution in [0.5, 0.6) is 5.75 Å². The van der Waals surface area contributed by atoms with Crippen molar-refractivity contribution in [3.63, 3.8) is 0 Å². The van der Waals surface area contributed by atoms with E-state index in [2.05, 4.69) is 10.6 Å². The fourth-order valence-corrected chi connectivity index (χ4v) is 3.29. The van der Waals surface area contributed by atoms with E-state index in [1.165, 1.54) is 19.2 Å². The van der Waals surface area contributed by atoms with Gasteiger partial charge in [0.25, 0.3) is 0 Å². The summed E-state index contributed by atoms with van der Waals surface area (Å²) in [5.41, 5.74) is 2.51. The summed E-state index contributed by atoms with van der Waals surface area (Å²) in [7, 11) is 1.53. The largest absolute Gasteiger partial charge is 0.495 e. The highest BCUT2D eigenvalue weighted by molar-refractivity contribution is 5.96. The van der Waals surface area contributed by atoms with Gasteiger partial charge in [-0.15, -0.1) is 0 Å². The molecule has 2 atom stereocenters. The minimum Gasteiger partial charge on any atom is -0.495 e. The van der Waals surface area contributed by atoms with E-state index < -0.39 is 23.7 Å². The number of benzene rings is 3. The third kappa shape index (κ3) is 5.02. The van der Waals surface area contributed by atoms with Crippen molar-refractivity contribution in [3.05, 3.63) is 95.1 Å². The fourth-order valence-electron chi connectivity index (χ4n) is 3.29. The molecule has 0 unspecified atom stereocenters. The van der Waals surface area contributed by atoms with E-state index in [0.717, 1.165) is 17.2 Å². The minimum atomic E-state index is -0.768. The normalized spacial score (nSPS) is 12.8. The molecule has 0 heterocycles. The number of halogens is 2. The molecule has 0 radical (unpaired) electrons. The monoisotopic (exact) mass is 410 g/mol. The number of methoxy groups -OCH3 is 1. The molecular weight excluding hydrogens is 386 g/mol. The Hall–Kier alpha value is -3.25. The number of ether oxygens (including phenoxy) is 1. The second kappa shape index (κ2) is 9.50. The Labute approximate surface area is 174 Å². The van der Waals surface area contributed by atoms with Gasteiger partial charge in [-0.25, -0.2) is 8.78 Å². The van der Waals surface area contributed by atoms with Crippen LogP contribution in [0.3, 0.4) is 0 Å². The van der Waals surface area contributed by atoms with E-state index in [1.807, 2.05) is 49.4 Å². The molecule has 0 bridgehead atoms. The molecule has 3 rings (SSSR count). The summed E-state index contributed by atoms with van der Waals surface area (Å²) in [5.74, 6) is -1.09. The van der Waals surface area contributed by atoms with Crippen molar-refractivity contribution in [2.45, 2.75) is 25.9 Å². The van der Waals surface area contributed by atoms with Crippen LogP contribution < -0.4 is 15.4 Å². The lowest BCUT2D eigenvalue weighted by molar-refractivity contribution is -0.118. The Balaban J connectivity index is 1.89. The summed E-state index contributed by atoms with van der Waals surface area (Å²) in [4.78, 5) is 13.2. The highest BCUT2D eigenvalue weighted by Crippen LogP contribution is 2.28. The van der Waals surface area contributed by atoms with Gasteiger partial charge >= 0.3 is 0 Å². The van der Waals surface area contributed by atoms with Crippen molar-refractivity contribution in [1.82, 2.24) is 5.32 Å². The van der Waals surface area contributed by atoms with Gasteiger partial charge < -0.3 is 10.1 Å². The summed E-state index contributed by atoms with van der Waals surface area (Å²) in [6.07, 6.45) is 0. The van der Waals surface area contributed by atoms with Crippen LogP contribution in [0.2, 0.25) is 0 Å². The first-order valence-electron chi connectivity index (χ1n) is 9.60. The number of nitrogens with one attached hydrogen (secondary N) is 2. The Morgan fingerprint density at radius 1 is 1.00 bits per heavy atom. The van der Waals surface area contributed by atoms with Gasteiger partial charge in [0.05, 0.1) is 12.8 Å². The maximum atomic E-state index is 14.2. The number of anilines is 1. The first-order chi connectivity index (χ1) is 14.4. The molecule has 0 aromatic heterocycles. The zero-order valence-electron chi connectivity index (χ0n) is 17.1. The highest BCUT2D eigenvalue weighted by atomic mass is 19.1. The predicted molar refractivity (Wildman–Crippen MR) is 113 cm³/mol. The molecule has 6 heteroatoms. The third-order valence-electron chi connectivity index (χ3n) is 4.85. The molecule has 4 nitrogen and oxygen atoms in total. The number of carbonyl (C=O) groups is 1.